The summed E-state index contributed by atoms with van der Waals surface area (Å²) in [5.41, 5.74) is 0. The van der Waals surface area contributed by atoms with Crippen molar-refractivity contribution in [3.05, 3.63) is 24.2 Å². The molecule has 2 N–H and O–H groups in total. The minimum atomic E-state index is -0.485. The number of rotatable bonds is 8. The monoisotopic (exact) mass is 307 g/mol. The first-order valence-corrected chi connectivity index (χ1v) is 7.88. The molecule has 0 aliphatic heterocycles. The van der Waals surface area contributed by atoms with Crippen molar-refractivity contribution < 1.29 is 14.0 Å². The minimum Gasteiger partial charge on any atom is -0.467 e. The van der Waals surface area contributed by atoms with Gasteiger partial charge in [0.1, 0.15) is 5.76 Å². The third-order valence-electron chi connectivity index (χ3n) is 3.66. The lowest BCUT2D eigenvalue weighted by atomic mass is 10.1. The Morgan fingerprint density at radius 3 is 2.77 bits per heavy atom. The second-order valence-electron chi connectivity index (χ2n) is 6.19. The van der Waals surface area contributed by atoms with E-state index in [1.54, 1.807) is 18.4 Å². The number of carbonyl (C=O) groups excluding carboxylic acids is 2. The summed E-state index contributed by atoms with van der Waals surface area (Å²) in [5, 5.41) is 4.97. The van der Waals surface area contributed by atoms with Crippen LogP contribution >= 0.6 is 0 Å². The smallest absolute Gasteiger partial charge is 0.321 e. The van der Waals surface area contributed by atoms with Crippen LogP contribution in [0.5, 0.6) is 0 Å². The van der Waals surface area contributed by atoms with E-state index in [9.17, 15) is 9.59 Å². The number of amides is 3. The standard InChI is InChI=1S/C16H25N3O3/c1-12(2)7-8-19(13-5-6-13)11-15(20)18-16(21)17-10-14-4-3-9-22-14/h3-4,9,12-13H,5-8,10-11H2,1-2H3,(H2,17,18,20,21). The van der Waals surface area contributed by atoms with Gasteiger partial charge in [0.15, 0.2) is 0 Å². The molecule has 2 rings (SSSR count). The predicted octanol–water partition coefficient (Wildman–Crippen LogP) is 2.12. The molecule has 0 saturated heterocycles. The van der Waals surface area contributed by atoms with Gasteiger partial charge in [-0.2, -0.15) is 0 Å². The van der Waals surface area contributed by atoms with Crippen LogP contribution in [0.1, 0.15) is 38.9 Å². The van der Waals surface area contributed by atoms with Crippen molar-refractivity contribution in [1.29, 1.82) is 0 Å². The summed E-state index contributed by atoms with van der Waals surface area (Å²) in [6.45, 7) is 5.81. The molecule has 1 aromatic heterocycles. The van der Waals surface area contributed by atoms with Gasteiger partial charge in [-0.15, -0.1) is 0 Å². The Kier molecular flexibility index (Phi) is 6.00. The van der Waals surface area contributed by atoms with Crippen LogP contribution in [0, 0.1) is 5.92 Å². The molecule has 0 radical (unpaired) electrons. The first-order valence-electron chi connectivity index (χ1n) is 7.88. The summed E-state index contributed by atoms with van der Waals surface area (Å²) in [5.74, 6) is 1.01. The lowest BCUT2D eigenvalue weighted by Crippen LogP contribution is -2.45. The molecular weight excluding hydrogens is 282 g/mol. The molecule has 1 saturated carbocycles. The first-order chi connectivity index (χ1) is 10.5. The second-order valence-corrected chi connectivity index (χ2v) is 6.19. The average molecular weight is 307 g/mol. The highest BCUT2D eigenvalue weighted by molar-refractivity contribution is 5.95. The van der Waals surface area contributed by atoms with Crippen molar-refractivity contribution in [3.8, 4) is 0 Å². The molecule has 0 spiro atoms. The molecule has 0 unspecified atom stereocenters. The predicted molar refractivity (Wildman–Crippen MR) is 83.1 cm³/mol. The Bertz CT molecular complexity index is 481. The number of nitrogens with zero attached hydrogens (tertiary/aromatic N) is 1. The van der Waals surface area contributed by atoms with E-state index in [-0.39, 0.29) is 19.0 Å². The molecule has 1 aliphatic carbocycles. The Morgan fingerprint density at radius 1 is 1.41 bits per heavy atom. The van der Waals surface area contributed by atoms with Crippen LogP contribution in [0.4, 0.5) is 4.79 Å². The Balaban J connectivity index is 1.69. The fourth-order valence-corrected chi connectivity index (χ4v) is 2.23. The number of nitrogens with one attached hydrogen (secondary N) is 2. The van der Waals surface area contributed by atoms with Crippen LogP contribution in [-0.2, 0) is 11.3 Å². The van der Waals surface area contributed by atoms with E-state index in [0.717, 1.165) is 25.8 Å². The van der Waals surface area contributed by atoms with Gasteiger partial charge in [0.2, 0.25) is 5.91 Å². The fourth-order valence-electron chi connectivity index (χ4n) is 2.23. The third kappa shape index (κ3) is 5.89. The maximum Gasteiger partial charge on any atom is 0.321 e. The number of urea groups is 1. The highest BCUT2D eigenvalue weighted by Gasteiger charge is 2.30. The Morgan fingerprint density at radius 2 is 2.18 bits per heavy atom. The lowest BCUT2D eigenvalue weighted by molar-refractivity contribution is -0.121. The molecule has 1 aromatic rings. The van der Waals surface area contributed by atoms with Crippen molar-refractivity contribution in [2.45, 2.75) is 45.7 Å². The summed E-state index contributed by atoms with van der Waals surface area (Å²) < 4.78 is 5.11. The molecule has 3 amide bonds. The summed E-state index contributed by atoms with van der Waals surface area (Å²) in [6, 6.07) is 3.54. The molecule has 22 heavy (non-hydrogen) atoms. The highest BCUT2D eigenvalue weighted by atomic mass is 16.3. The number of furan rings is 1. The van der Waals surface area contributed by atoms with Crippen LogP contribution in [-0.4, -0.2) is 36.0 Å². The highest BCUT2D eigenvalue weighted by Crippen LogP contribution is 2.27. The van der Waals surface area contributed by atoms with Crippen molar-refractivity contribution in [2.75, 3.05) is 13.1 Å². The van der Waals surface area contributed by atoms with Gasteiger partial charge in [-0.05, 0) is 43.9 Å². The molecule has 6 heteroatoms. The fraction of sp³-hybridized carbons (Fsp3) is 0.625. The van der Waals surface area contributed by atoms with Crippen molar-refractivity contribution >= 4 is 11.9 Å². The van der Waals surface area contributed by atoms with E-state index in [0.29, 0.717) is 17.7 Å². The summed E-state index contributed by atoms with van der Waals surface area (Å²) >= 11 is 0. The van der Waals surface area contributed by atoms with E-state index in [2.05, 4.69) is 29.4 Å². The third-order valence-corrected chi connectivity index (χ3v) is 3.66. The molecule has 6 nitrogen and oxygen atoms in total. The summed E-state index contributed by atoms with van der Waals surface area (Å²) in [6.07, 6.45) is 4.91. The second kappa shape index (κ2) is 7.98. The zero-order chi connectivity index (χ0) is 15.9. The van der Waals surface area contributed by atoms with E-state index in [4.69, 9.17) is 4.42 Å². The summed E-state index contributed by atoms with van der Waals surface area (Å²) in [4.78, 5) is 25.8. The normalized spacial score (nSPS) is 14.4. The Hall–Kier alpha value is -1.82. The zero-order valence-electron chi connectivity index (χ0n) is 13.3. The van der Waals surface area contributed by atoms with Gasteiger partial charge in [-0.3, -0.25) is 15.0 Å². The van der Waals surface area contributed by atoms with Crippen molar-refractivity contribution in [3.63, 3.8) is 0 Å². The number of hydrogen-bond acceptors (Lipinski definition) is 4. The zero-order valence-corrected chi connectivity index (χ0v) is 13.3. The maximum atomic E-state index is 12.0. The van der Waals surface area contributed by atoms with Gasteiger partial charge in [0, 0.05) is 6.04 Å². The topological polar surface area (TPSA) is 74.6 Å². The van der Waals surface area contributed by atoms with E-state index < -0.39 is 6.03 Å². The SMILES string of the molecule is CC(C)CCN(CC(=O)NC(=O)NCc1ccco1)C1CC1. The van der Waals surface area contributed by atoms with Crippen LogP contribution in [0.2, 0.25) is 0 Å². The van der Waals surface area contributed by atoms with Gasteiger partial charge in [0.25, 0.3) is 0 Å². The van der Waals surface area contributed by atoms with Crippen molar-refractivity contribution in [2.24, 2.45) is 5.92 Å². The average Bonchev–Trinajstić information content (AvgIpc) is 3.17. The number of imide groups is 1. The molecule has 122 valence electrons. The maximum absolute atomic E-state index is 12.0. The number of hydrogen-bond donors (Lipinski definition) is 2. The van der Waals surface area contributed by atoms with Crippen LogP contribution in [0.25, 0.3) is 0 Å². The molecule has 0 bridgehead atoms. The first kappa shape index (κ1) is 16.5. The van der Waals surface area contributed by atoms with Crippen LogP contribution in [0.3, 0.4) is 0 Å². The van der Waals surface area contributed by atoms with E-state index in [1.807, 2.05) is 0 Å². The quantitative estimate of drug-likeness (QED) is 0.771. The molecule has 0 atom stereocenters. The molecule has 1 fully saturated rings. The number of carbonyl (C=O) groups is 2. The molecular formula is C16H25N3O3. The van der Waals surface area contributed by atoms with Gasteiger partial charge in [-0.25, -0.2) is 4.79 Å². The van der Waals surface area contributed by atoms with Crippen LogP contribution < -0.4 is 10.6 Å². The minimum absolute atomic E-state index is 0.257. The van der Waals surface area contributed by atoms with Gasteiger partial charge < -0.3 is 9.73 Å². The lowest BCUT2D eigenvalue weighted by Gasteiger charge is -2.22. The van der Waals surface area contributed by atoms with Crippen LogP contribution in [0.15, 0.2) is 22.8 Å². The van der Waals surface area contributed by atoms with E-state index in [1.165, 1.54) is 0 Å². The van der Waals surface area contributed by atoms with Gasteiger partial charge in [-0.1, -0.05) is 13.8 Å². The molecule has 1 heterocycles. The van der Waals surface area contributed by atoms with Crippen molar-refractivity contribution in [1.82, 2.24) is 15.5 Å². The Labute approximate surface area is 131 Å². The van der Waals surface area contributed by atoms with E-state index >= 15 is 0 Å². The van der Waals surface area contributed by atoms with Gasteiger partial charge in [0.05, 0.1) is 19.4 Å². The molecule has 1 aliphatic rings. The molecule has 0 aromatic carbocycles. The largest absolute Gasteiger partial charge is 0.467 e. The summed E-state index contributed by atoms with van der Waals surface area (Å²) in [7, 11) is 0. The van der Waals surface area contributed by atoms with Gasteiger partial charge >= 0.3 is 6.03 Å².